The molecule has 0 atom stereocenters. The van der Waals surface area contributed by atoms with Gasteiger partial charge < -0.3 is 4.74 Å². The Morgan fingerprint density at radius 3 is 2.45 bits per heavy atom. The van der Waals surface area contributed by atoms with E-state index in [-0.39, 0.29) is 5.91 Å². The van der Waals surface area contributed by atoms with Crippen LogP contribution in [-0.2, 0) is 6.61 Å². The van der Waals surface area contributed by atoms with E-state index in [2.05, 4.69) is 46.7 Å². The molecule has 166 valence electrons. The molecule has 0 saturated heterocycles. The van der Waals surface area contributed by atoms with Crippen molar-refractivity contribution in [3.05, 3.63) is 107 Å². The Kier molecular flexibility index (Phi) is 6.95. The number of H-pyrrole nitrogens is 1. The van der Waals surface area contributed by atoms with Crippen LogP contribution >= 0.6 is 0 Å². The van der Waals surface area contributed by atoms with Crippen LogP contribution < -0.4 is 10.2 Å². The fourth-order valence-corrected chi connectivity index (χ4v) is 3.24. The molecule has 3 aromatic carbocycles. The number of hydrazone groups is 1. The number of nitrogens with zero attached hydrogens (tertiary/aromatic N) is 2. The molecule has 4 aromatic rings. The molecule has 0 saturated carbocycles. The first-order valence-electron chi connectivity index (χ1n) is 10.8. The Hall–Kier alpha value is -4.19. The molecule has 0 fully saturated rings. The van der Waals surface area contributed by atoms with Gasteiger partial charge in [-0.1, -0.05) is 68.4 Å². The molecule has 0 spiro atoms. The number of ether oxygens (including phenoxy) is 1. The van der Waals surface area contributed by atoms with E-state index in [1.165, 1.54) is 5.56 Å². The van der Waals surface area contributed by atoms with Gasteiger partial charge in [-0.05, 0) is 52.9 Å². The van der Waals surface area contributed by atoms with Crippen molar-refractivity contribution in [3.8, 4) is 17.0 Å². The lowest BCUT2D eigenvalue weighted by atomic mass is 10.0. The predicted octanol–water partition coefficient (Wildman–Crippen LogP) is 5.54. The van der Waals surface area contributed by atoms with E-state index in [1.54, 1.807) is 12.3 Å². The van der Waals surface area contributed by atoms with E-state index in [0.717, 1.165) is 22.4 Å². The van der Waals surface area contributed by atoms with Crippen molar-refractivity contribution in [3.63, 3.8) is 0 Å². The molecule has 1 heterocycles. The molecular weight excluding hydrogens is 412 g/mol. The minimum absolute atomic E-state index is 0.335. The van der Waals surface area contributed by atoms with Crippen molar-refractivity contribution in [2.24, 2.45) is 5.10 Å². The standard InChI is InChI=1S/C27H26N4O2/c1-19(2)22-10-8-20(9-11-22)17-28-31-27(32)26-16-25(29-30-26)23-12-14-24(15-13-23)33-18-21-6-4-3-5-7-21/h3-17,19H,18H2,1-2H3,(H,29,30)(H,31,32)/b28-17+. The Balaban J connectivity index is 1.32. The highest BCUT2D eigenvalue weighted by molar-refractivity contribution is 5.94. The maximum Gasteiger partial charge on any atom is 0.289 e. The molecule has 1 amide bonds. The summed E-state index contributed by atoms with van der Waals surface area (Å²) in [5.74, 6) is 0.891. The van der Waals surface area contributed by atoms with Crippen molar-refractivity contribution in [1.82, 2.24) is 15.6 Å². The van der Waals surface area contributed by atoms with Crippen molar-refractivity contribution in [1.29, 1.82) is 0 Å². The van der Waals surface area contributed by atoms with Gasteiger partial charge in [-0.15, -0.1) is 0 Å². The van der Waals surface area contributed by atoms with Gasteiger partial charge >= 0.3 is 0 Å². The molecule has 33 heavy (non-hydrogen) atoms. The number of hydrogen-bond donors (Lipinski definition) is 2. The monoisotopic (exact) mass is 438 g/mol. The molecule has 0 unspecified atom stereocenters. The Morgan fingerprint density at radius 2 is 1.76 bits per heavy atom. The van der Waals surface area contributed by atoms with E-state index in [9.17, 15) is 4.79 Å². The Morgan fingerprint density at radius 1 is 1.03 bits per heavy atom. The second-order valence-corrected chi connectivity index (χ2v) is 7.99. The Bertz CT molecular complexity index is 1210. The fourth-order valence-electron chi connectivity index (χ4n) is 3.24. The topological polar surface area (TPSA) is 79.4 Å². The molecule has 0 radical (unpaired) electrons. The van der Waals surface area contributed by atoms with Gasteiger partial charge in [0.2, 0.25) is 0 Å². The molecule has 2 N–H and O–H groups in total. The van der Waals surface area contributed by atoms with E-state index in [4.69, 9.17) is 4.74 Å². The summed E-state index contributed by atoms with van der Waals surface area (Å²) in [6, 6.07) is 27.4. The summed E-state index contributed by atoms with van der Waals surface area (Å²) in [5.41, 5.74) is 7.70. The minimum atomic E-state index is -0.355. The van der Waals surface area contributed by atoms with Crippen LogP contribution in [0.2, 0.25) is 0 Å². The quantitative estimate of drug-likeness (QED) is 0.280. The van der Waals surface area contributed by atoms with Gasteiger partial charge in [0.25, 0.3) is 5.91 Å². The third kappa shape index (κ3) is 5.95. The van der Waals surface area contributed by atoms with Crippen LogP contribution in [0.25, 0.3) is 11.3 Å². The number of aromatic amines is 1. The maximum atomic E-state index is 12.4. The summed E-state index contributed by atoms with van der Waals surface area (Å²) in [4.78, 5) is 12.4. The highest BCUT2D eigenvalue weighted by Crippen LogP contribution is 2.22. The number of hydrogen-bond acceptors (Lipinski definition) is 4. The lowest BCUT2D eigenvalue weighted by Gasteiger charge is -2.06. The summed E-state index contributed by atoms with van der Waals surface area (Å²) in [6.45, 7) is 4.81. The van der Waals surface area contributed by atoms with E-state index in [1.807, 2.05) is 66.7 Å². The fraction of sp³-hybridized carbons (Fsp3) is 0.148. The van der Waals surface area contributed by atoms with Crippen LogP contribution in [0.4, 0.5) is 0 Å². The zero-order valence-electron chi connectivity index (χ0n) is 18.7. The molecule has 0 aliphatic carbocycles. The molecule has 4 rings (SSSR count). The van der Waals surface area contributed by atoms with Gasteiger partial charge in [0, 0.05) is 5.56 Å². The van der Waals surface area contributed by atoms with Crippen molar-refractivity contribution in [2.75, 3.05) is 0 Å². The van der Waals surface area contributed by atoms with Crippen LogP contribution in [0, 0.1) is 0 Å². The number of rotatable bonds is 8. The Labute approximate surface area is 193 Å². The molecule has 6 nitrogen and oxygen atoms in total. The van der Waals surface area contributed by atoms with Crippen LogP contribution in [0.3, 0.4) is 0 Å². The highest BCUT2D eigenvalue weighted by atomic mass is 16.5. The summed E-state index contributed by atoms with van der Waals surface area (Å²) in [6.07, 6.45) is 1.62. The number of carbonyl (C=O) groups excluding carboxylic acids is 1. The van der Waals surface area contributed by atoms with Gasteiger partial charge in [-0.2, -0.15) is 10.2 Å². The molecular formula is C27H26N4O2. The van der Waals surface area contributed by atoms with E-state index in [0.29, 0.717) is 23.9 Å². The van der Waals surface area contributed by atoms with Crippen molar-refractivity contribution in [2.45, 2.75) is 26.4 Å². The lowest BCUT2D eigenvalue weighted by Crippen LogP contribution is -2.18. The predicted molar refractivity (Wildman–Crippen MR) is 130 cm³/mol. The van der Waals surface area contributed by atoms with Crippen molar-refractivity contribution >= 4 is 12.1 Å². The number of carbonyl (C=O) groups is 1. The lowest BCUT2D eigenvalue weighted by molar-refractivity contribution is 0.0950. The van der Waals surface area contributed by atoms with Crippen LogP contribution in [-0.4, -0.2) is 22.3 Å². The second-order valence-electron chi connectivity index (χ2n) is 7.99. The first kappa shape index (κ1) is 22.0. The van der Waals surface area contributed by atoms with Gasteiger partial charge in [0.15, 0.2) is 0 Å². The first-order valence-corrected chi connectivity index (χ1v) is 10.8. The zero-order valence-corrected chi connectivity index (χ0v) is 18.7. The normalized spacial score (nSPS) is 11.1. The molecule has 6 heteroatoms. The number of benzene rings is 3. The molecule has 0 aliphatic rings. The third-order valence-corrected chi connectivity index (χ3v) is 5.20. The zero-order chi connectivity index (χ0) is 23.0. The van der Waals surface area contributed by atoms with Crippen LogP contribution in [0.1, 0.15) is 46.9 Å². The number of aromatic nitrogens is 2. The summed E-state index contributed by atoms with van der Waals surface area (Å²) in [5, 5.41) is 11.1. The van der Waals surface area contributed by atoms with Gasteiger partial charge in [-0.25, -0.2) is 5.43 Å². The van der Waals surface area contributed by atoms with Gasteiger partial charge in [0.1, 0.15) is 18.1 Å². The van der Waals surface area contributed by atoms with Crippen molar-refractivity contribution < 1.29 is 9.53 Å². The highest BCUT2D eigenvalue weighted by Gasteiger charge is 2.10. The van der Waals surface area contributed by atoms with Crippen LogP contribution in [0.5, 0.6) is 5.75 Å². The van der Waals surface area contributed by atoms with Gasteiger partial charge in [0.05, 0.1) is 11.9 Å². The molecule has 0 bridgehead atoms. The smallest absolute Gasteiger partial charge is 0.289 e. The maximum absolute atomic E-state index is 12.4. The third-order valence-electron chi connectivity index (χ3n) is 5.20. The summed E-state index contributed by atoms with van der Waals surface area (Å²) < 4.78 is 5.82. The second kappa shape index (κ2) is 10.4. The van der Waals surface area contributed by atoms with Gasteiger partial charge in [-0.3, -0.25) is 9.89 Å². The molecule has 0 aliphatic heterocycles. The summed E-state index contributed by atoms with van der Waals surface area (Å²) in [7, 11) is 0. The minimum Gasteiger partial charge on any atom is -0.489 e. The van der Waals surface area contributed by atoms with Crippen LogP contribution in [0.15, 0.2) is 90.0 Å². The van der Waals surface area contributed by atoms with E-state index >= 15 is 0 Å². The van der Waals surface area contributed by atoms with E-state index < -0.39 is 0 Å². The average Bonchev–Trinajstić information content (AvgIpc) is 3.34. The number of nitrogens with one attached hydrogen (secondary N) is 2. The number of amides is 1. The SMILES string of the molecule is CC(C)c1ccc(/C=N/NC(=O)c2cc(-c3ccc(OCc4ccccc4)cc3)n[nH]2)cc1. The largest absolute Gasteiger partial charge is 0.489 e. The molecule has 1 aromatic heterocycles. The summed E-state index contributed by atoms with van der Waals surface area (Å²) >= 11 is 0. The first-order chi connectivity index (χ1) is 16.1. The average molecular weight is 439 g/mol.